The molecule has 0 bridgehead atoms. The standard InChI is InChI=1S/C19H24N6S/c1-13(16-7-5-8-17(11-16)25-10-6-9-22-25)24-19(20-4)21-12-18-14(2)23-15(3)26-18/h5-11,13H,12H2,1-4H3,(H2,20,21,24). The molecule has 3 rings (SSSR count). The van der Waals surface area contributed by atoms with Crippen LogP contribution >= 0.6 is 11.3 Å². The molecular formula is C19H24N6S. The van der Waals surface area contributed by atoms with Crippen LogP contribution in [-0.4, -0.2) is 27.8 Å². The Bertz CT molecular complexity index is 881. The number of nitrogens with zero attached hydrogens (tertiary/aromatic N) is 4. The summed E-state index contributed by atoms with van der Waals surface area (Å²) in [5.41, 5.74) is 3.29. The van der Waals surface area contributed by atoms with Crippen LogP contribution in [0.3, 0.4) is 0 Å². The van der Waals surface area contributed by atoms with Gasteiger partial charge < -0.3 is 10.6 Å². The first-order valence-electron chi connectivity index (χ1n) is 8.57. The first-order valence-corrected chi connectivity index (χ1v) is 9.38. The molecule has 2 heterocycles. The fraction of sp³-hybridized carbons (Fsp3) is 0.316. The number of benzene rings is 1. The Morgan fingerprint density at radius 3 is 2.81 bits per heavy atom. The molecule has 3 aromatic rings. The topological polar surface area (TPSA) is 67.1 Å². The second-order valence-corrected chi connectivity index (χ2v) is 7.37. The van der Waals surface area contributed by atoms with Gasteiger partial charge in [0.05, 0.1) is 29.0 Å². The third-order valence-corrected chi connectivity index (χ3v) is 5.20. The van der Waals surface area contributed by atoms with Crippen molar-refractivity contribution in [3.05, 3.63) is 63.9 Å². The molecule has 1 atom stereocenters. The zero-order valence-corrected chi connectivity index (χ0v) is 16.3. The molecule has 6 nitrogen and oxygen atoms in total. The summed E-state index contributed by atoms with van der Waals surface area (Å²) in [7, 11) is 1.78. The van der Waals surface area contributed by atoms with E-state index in [2.05, 4.69) is 44.8 Å². The normalized spacial score (nSPS) is 12.8. The summed E-state index contributed by atoms with van der Waals surface area (Å²) in [6, 6.07) is 10.4. The third-order valence-electron chi connectivity index (χ3n) is 4.13. The Labute approximate surface area is 158 Å². The highest BCUT2D eigenvalue weighted by molar-refractivity contribution is 7.11. The molecule has 2 N–H and O–H groups in total. The van der Waals surface area contributed by atoms with Crippen LogP contribution in [0.1, 0.15) is 34.1 Å². The fourth-order valence-corrected chi connectivity index (χ4v) is 3.62. The van der Waals surface area contributed by atoms with Gasteiger partial charge in [-0.3, -0.25) is 4.99 Å². The van der Waals surface area contributed by atoms with Gasteiger partial charge in [0.1, 0.15) is 0 Å². The van der Waals surface area contributed by atoms with E-state index in [-0.39, 0.29) is 6.04 Å². The Morgan fingerprint density at radius 2 is 2.15 bits per heavy atom. The molecule has 0 saturated carbocycles. The molecule has 26 heavy (non-hydrogen) atoms. The Hall–Kier alpha value is -2.67. The number of nitrogens with one attached hydrogen (secondary N) is 2. The van der Waals surface area contributed by atoms with E-state index in [1.54, 1.807) is 24.6 Å². The molecule has 0 aliphatic carbocycles. The second-order valence-electron chi connectivity index (χ2n) is 6.08. The second kappa shape index (κ2) is 8.14. The highest BCUT2D eigenvalue weighted by Crippen LogP contribution is 2.18. The molecule has 1 unspecified atom stereocenters. The van der Waals surface area contributed by atoms with Crippen molar-refractivity contribution in [2.24, 2.45) is 4.99 Å². The minimum absolute atomic E-state index is 0.112. The fourth-order valence-electron chi connectivity index (χ4n) is 2.74. The number of guanidine groups is 1. The first kappa shape index (κ1) is 18.1. The molecule has 0 amide bonds. The summed E-state index contributed by atoms with van der Waals surface area (Å²) in [4.78, 5) is 10.0. The highest BCUT2D eigenvalue weighted by atomic mass is 32.1. The van der Waals surface area contributed by atoms with Crippen LogP contribution in [0.5, 0.6) is 0 Å². The number of rotatable bonds is 5. The van der Waals surface area contributed by atoms with Crippen LogP contribution in [0.25, 0.3) is 5.69 Å². The van der Waals surface area contributed by atoms with Crippen LogP contribution in [0, 0.1) is 13.8 Å². The molecule has 0 spiro atoms. The summed E-state index contributed by atoms with van der Waals surface area (Å²) in [5, 5.41) is 12.2. The molecule has 0 aliphatic heterocycles. The van der Waals surface area contributed by atoms with Crippen molar-refractivity contribution in [1.82, 2.24) is 25.4 Å². The van der Waals surface area contributed by atoms with Gasteiger partial charge in [-0.15, -0.1) is 11.3 Å². The largest absolute Gasteiger partial charge is 0.351 e. The van der Waals surface area contributed by atoms with E-state index in [0.29, 0.717) is 0 Å². The van der Waals surface area contributed by atoms with E-state index in [1.165, 1.54) is 10.4 Å². The molecule has 136 valence electrons. The van der Waals surface area contributed by atoms with Gasteiger partial charge in [-0.1, -0.05) is 12.1 Å². The van der Waals surface area contributed by atoms with Crippen LogP contribution in [-0.2, 0) is 6.54 Å². The van der Waals surface area contributed by atoms with Gasteiger partial charge in [0.2, 0.25) is 0 Å². The van der Waals surface area contributed by atoms with Crippen molar-refractivity contribution in [1.29, 1.82) is 0 Å². The monoisotopic (exact) mass is 368 g/mol. The van der Waals surface area contributed by atoms with E-state index in [1.807, 2.05) is 42.9 Å². The molecule has 2 aromatic heterocycles. The average molecular weight is 369 g/mol. The molecular weight excluding hydrogens is 344 g/mol. The lowest BCUT2D eigenvalue weighted by atomic mass is 10.1. The summed E-state index contributed by atoms with van der Waals surface area (Å²) >= 11 is 1.72. The van der Waals surface area contributed by atoms with Gasteiger partial charge in [0.15, 0.2) is 5.96 Å². The number of hydrogen-bond donors (Lipinski definition) is 2. The van der Waals surface area contributed by atoms with Gasteiger partial charge >= 0.3 is 0 Å². The minimum atomic E-state index is 0.112. The molecule has 0 fully saturated rings. The van der Waals surface area contributed by atoms with E-state index in [9.17, 15) is 0 Å². The number of aliphatic imine (C=N–C) groups is 1. The summed E-state index contributed by atoms with van der Waals surface area (Å²) in [5.74, 6) is 0.771. The van der Waals surface area contributed by atoms with E-state index in [4.69, 9.17) is 0 Å². The molecule has 1 aromatic carbocycles. The number of aromatic nitrogens is 3. The first-order chi connectivity index (χ1) is 12.6. The van der Waals surface area contributed by atoms with Crippen LogP contribution in [0.15, 0.2) is 47.7 Å². The van der Waals surface area contributed by atoms with E-state index >= 15 is 0 Å². The number of thiazole rings is 1. The maximum absolute atomic E-state index is 4.47. The van der Waals surface area contributed by atoms with Gasteiger partial charge in [-0.05, 0) is 44.5 Å². The molecule has 0 aliphatic rings. The lowest BCUT2D eigenvalue weighted by Crippen LogP contribution is -2.38. The van der Waals surface area contributed by atoms with E-state index in [0.717, 1.165) is 28.9 Å². The maximum atomic E-state index is 4.47. The maximum Gasteiger partial charge on any atom is 0.191 e. The Balaban J connectivity index is 1.65. The van der Waals surface area contributed by atoms with Gasteiger partial charge in [-0.2, -0.15) is 5.10 Å². The molecule has 7 heteroatoms. The van der Waals surface area contributed by atoms with Crippen LogP contribution in [0.4, 0.5) is 0 Å². The van der Waals surface area contributed by atoms with Gasteiger partial charge in [0.25, 0.3) is 0 Å². The molecule has 0 saturated heterocycles. The van der Waals surface area contributed by atoms with Crippen molar-refractivity contribution < 1.29 is 0 Å². The highest BCUT2D eigenvalue weighted by Gasteiger charge is 2.10. The lowest BCUT2D eigenvalue weighted by molar-refractivity contribution is 0.684. The quantitative estimate of drug-likeness (QED) is 0.535. The van der Waals surface area contributed by atoms with E-state index < -0.39 is 0 Å². The summed E-state index contributed by atoms with van der Waals surface area (Å²) in [6.45, 7) is 6.91. The van der Waals surface area contributed by atoms with Crippen LogP contribution in [0.2, 0.25) is 0 Å². The predicted octanol–water partition coefficient (Wildman–Crippen LogP) is 3.37. The van der Waals surface area contributed by atoms with Gasteiger partial charge in [0, 0.05) is 24.3 Å². The van der Waals surface area contributed by atoms with Crippen molar-refractivity contribution in [3.63, 3.8) is 0 Å². The number of aryl methyl sites for hydroxylation is 2. The average Bonchev–Trinajstić information content (AvgIpc) is 3.28. The lowest BCUT2D eigenvalue weighted by Gasteiger charge is -2.19. The van der Waals surface area contributed by atoms with Crippen molar-refractivity contribution >= 4 is 17.3 Å². The number of hydrogen-bond acceptors (Lipinski definition) is 4. The van der Waals surface area contributed by atoms with Crippen molar-refractivity contribution in [2.75, 3.05) is 7.05 Å². The predicted molar refractivity (Wildman–Crippen MR) is 107 cm³/mol. The van der Waals surface area contributed by atoms with Gasteiger partial charge in [-0.25, -0.2) is 9.67 Å². The Morgan fingerprint density at radius 1 is 1.31 bits per heavy atom. The zero-order valence-electron chi connectivity index (χ0n) is 15.5. The summed E-state index contributed by atoms with van der Waals surface area (Å²) in [6.07, 6.45) is 3.72. The van der Waals surface area contributed by atoms with Crippen molar-refractivity contribution in [2.45, 2.75) is 33.4 Å². The minimum Gasteiger partial charge on any atom is -0.351 e. The van der Waals surface area contributed by atoms with Crippen LogP contribution < -0.4 is 10.6 Å². The smallest absolute Gasteiger partial charge is 0.191 e. The SMILES string of the molecule is CN=C(NCc1sc(C)nc1C)NC(C)c1cccc(-n2cccn2)c1. The van der Waals surface area contributed by atoms with Crippen molar-refractivity contribution in [3.8, 4) is 5.69 Å². The molecule has 0 radical (unpaired) electrons. The third kappa shape index (κ3) is 4.29. The Kier molecular flexibility index (Phi) is 5.68. The summed E-state index contributed by atoms with van der Waals surface area (Å²) < 4.78 is 1.86. The zero-order chi connectivity index (χ0) is 18.5.